The second-order valence-electron chi connectivity index (χ2n) is 6.05. The molecule has 0 unspecified atom stereocenters. The lowest BCUT2D eigenvalue weighted by Gasteiger charge is -2.35. The summed E-state index contributed by atoms with van der Waals surface area (Å²) in [5.74, 6) is 0.627. The topological polar surface area (TPSA) is 64.2 Å². The Morgan fingerprint density at radius 1 is 1.30 bits per heavy atom. The van der Waals surface area contributed by atoms with E-state index in [2.05, 4.69) is 16.8 Å². The molecule has 0 aliphatic heterocycles. The highest BCUT2D eigenvalue weighted by Gasteiger charge is 2.29. The van der Waals surface area contributed by atoms with Crippen LogP contribution < -0.4 is 16.2 Å². The Bertz CT molecular complexity index is 515. The normalized spacial score (nSPS) is 26.5. The molecule has 2 fully saturated rings. The second kappa shape index (κ2) is 5.56. The van der Waals surface area contributed by atoms with Crippen LogP contribution >= 0.6 is 0 Å². The average Bonchev–Trinajstić information content (AvgIpc) is 3.28. The van der Waals surface area contributed by atoms with E-state index in [1.165, 1.54) is 0 Å². The lowest BCUT2D eigenvalue weighted by molar-refractivity contribution is 0.376. The van der Waals surface area contributed by atoms with Gasteiger partial charge in [0.05, 0.1) is 0 Å². The third-order valence-electron chi connectivity index (χ3n) is 4.59. The molecule has 2 aliphatic carbocycles. The Labute approximate surface area is 119 Å². The molecule has 20 heavy (non-hydrogen) atoms. The minimum absolute atomic E-state index is 0.0757. The van der Waals surface area contributed by atoms with Crippen molar-refractivity contribution in [1.82, 2.24) is 9.55 Å². The quantitative estimate of drug-likeness (QED) is 0.908. The molecule has 5 nitrogen and oxygen atoms in total. The lowest BCUT2D eigenvalue weighted by atomic mass is 9.91. The first-order chi connectivity index (χ1) is 9.70. The molecule has 110 valence electrons. The highest BCUT2D eigenvalue weighted by atomic mass is 16.1. The minimum Gasteiger partial charge on any atom is -0.349 e. The molecule has 2 N–H and O–H groups in total. The number of aromatic nitrogens is 2. The van der Waals surface area contributed by atoms with Gasteiger partial charge in [0, 0.05) is 37.1 Å². The average molecular weight is 276 g/mol. The van der Waals surface area contributed by atoms with Gasteiger partial charge in [-0.15, -0.1) is 0 Å². The van der Waals surface area contributed by atoms with Gasteiger partial charge in [0.2, 0.25) is 0 Å². The van der Waals surface area contributed by atoms with E-state index in [9.17, 15) is 4.79 Å². The molecular weight excluding hydrogens is 252 g/mol. The summed E-state index contributed by atoms with van der Waals surface area (Å²) in [5.41, 5.74) is 6.05. The molecule has 1 aromatic rings. The molecule has 0 radical (unpaired) electrons. The predicted octanol–water partition coefficient (Wildman–Crippen LogP) is 1.67. The Hall–Kier alpha value is -1.36. The summed E-state index contributed by atoms with van der Waals surface area (Å²) < 4.78 is 1.86. The summed E-state index contributed by atoms with van der Waals surface area (Å²) in [6, 6.07) is 1.15. The molecule has 0 aromatic carbocycles. The summed E-state index contributed by atoms with van der Waals surface area (Å²) in [4.78, 5) is 19.2. The third-order valence-corrected chi connectivity index (χ3v) is 4.59. The molecule has 0 amide bonds. The van der Waals surface area contributed by atoms with E-state index < -0.39 is 0 Å². The van der Waals surface area contributed by atoms with Gasteiger partial charge in [-0.2, -0.15) is 0 Å². The van der Waals surface area contributed by atoms with E-state index in [0.29, 0.717) is 23.9 Å². The van der Waals surface area contributed by atoms with Crippen LogP contribution in [0, 0.1) is 0 Å². The van der Waals surface area contributed by atoms with Crippen LogP contribution in [0.1, 0.15) is 51.5 Å². The van der Waals surface area contributed by atoms with E-state index in [1.807, 2.05) is 10.8 Å². The molecular formula is C15H24N4O. The van der Waals surface area contributed by atoms with Crippen molar-refractivity contribution in [2.24, 2.45) is 5.73 Å². The van der Waals surface area contributed by atoms with Gasteiger partial charge >= 0.3 is 0 Å². The zero-order valence-corrected chi connectivity index (χ0v) is 12.2. The van der Waals surface area contributed by atoms with Gasteiger partial charge < -0.3 is 15.2 Å². The summed E-state index contributed by atoms with van der Waals surface area (Å²) in [7, 11) is 0. The van der Waals surface area contributed by atoms with Crippen molar-refractivity contribution in [3.8, 4) is 0 Å². The fraction of sp³-hybridized carbons (Fsp3) is 0.733. The largest absolute Gasteiger partial charge is 0.349 e. The summed E-state index contributed by atoms with van der Waals surface area (Å²) in [6.07, 6.45) is 10.1. The van der Waals surface area contributed by atoms with Gasteiger partial charge in [-0.3, -0.25) is 4.79 Å². The monoisotopic (exact) mass is 276 g/mol. The highest BCUT2D eigenvalue weighted by Crippen LogP contribution is 2.33. The maximum Gasteiger partial charge on any atom is 0.293 e. The molecule has 1 heterocycles. The minimum atomic E-state index is 0.0757. The van der Waals surface area contributed by atoms with E-state index in [1.54, 1.807) is 6.20 Å². The van der Waals surface area contributed by atoms with Crippen molar-refractivity contribution in [2.75, 3.05) is 11.4 Å². The van der Waals surface area contributed by atoms with Crippen molar-refractivity contribution in [3.05, 3.63) is 22.7 Å². The maximum absolute atomic E-state index is 12.6. The van der Waals surface area contributed by atoms with Gasteiger partial charge in [-0.25, -0.2) is 4.98 Å². The number of hydrogen-bond donors (Lipinski definition) is 1. The lowest BCUT2D eigenvalue weighted by Crippen LogP contribution is -2.44. The molecule has 3 rings (SSSR count). The van der Waals surface area contributed by atoms with Crippen LogP contribution in [0.5, 0.6) is 0 Å². The van der Waals surface area contributed by atoms with Crippen LogP contribution in [0.2, 0.25) is 0 Å². The molecule has 0 bridgehead atoms. The number of nitrogens with zero attached hydrogens (tertiary/aromatic N) is 3. The fourth-order valence-corrected chi connectivity index (χ4v) is 3.25. The first-order valence-electron chi connectivity index (χ1n) is 7.80. The number of nitrogens with two attached hydrogens (primary N) is 1. The number of hydrogen-bond acceptors (Lipinski definition) is 4. The zero-order valence-electron chi connectivity index (χ0n) is 12.2. The highest BCUT2D eigenvalue weighted by molar-refractivity contribution is 5.37. The third kappa shape index (κ3) is 2.59. The molecule has 0 spiro atoms. The Morgan fingerprint density at radius 3 is 2.60 bits per heavy atom. The molecule has 0 atom stereocenters. The van der Waals surface area contributed by atoms with E-state index in [-0.39, 0.29) is 5.56 Å². The van der Waals surface area contributed by atoms with E-state index in [0.717, 1.165) is 45.1 Å². The van der Waals surface area contributed by atoms with Crippen LogP contribution in [-0.4, -0.2) is 28.2 Å². The van der Waals surface area contributed by atoms with Crippen LogP contribution in [0.4, 0.5) is 5.82 Å². The molecule has 2 aliphatic rings. The van der Waals surface area contributed by atoms with Gasteiger partial charge in [-0.1, -0.05) is 0 Å². The van der Waals surface area contributed by atoms with Crippen molar-refractivity contribution in [3.63, 3.8) is 0 Å². The molecule has 1 aromatic heterocycles. The smallest absolute Gasteiger partial charge is 0.293 e. The molecule has 2 saturated carbocycles. The maximum atomic E-state index is 12.6. The fourth-order valence-electron chi connectivity index (χ4n) is 3.25. The Balaban J connectivity index is 1.85. The zero-order chi connectivity index (χ0) is 14.1. The summed E-state index contributed by atoms with van der Waals surface area (Å²) >= 11 is 0. The van der Waals surface area contributed by atoms with E-state index >= 15 is 0 Å². The standard InChI is InChI=1S/C15H24N4O/c1-2-18(12-5-3-11(16)4-6-12)14-15(20)19(10-9-17-14)13-7-8-13/h9-13H,2-8,16H2,1H3. The van der Waals surface area contributed by atoms with E-state index in [4.69, 9.17) is 5.73 Å². The summed E-state index contributed by atoms with van der Waals surface area (Å²) in [5, 5.41) is 0. The Morgan fingerprint density at radius 2 is 2.00 bits per heavy atom. The van der Waals surface area contributed by atoms with Gasteiger partial charge in [0.15, 0.2) is 5.82 Å². The first kappa shape index (κ1) is 13.6. The summed E-state index contributed by atoms with van der Waals surface area (Å²) in [6.45, 7) is 2.93. The number of rotatable bonds is 4. The number of anilines is 1. The van der Waals surface area contributed by atoms with Crippen LogP contribution in [0.25, 0.3) is 0 Å². The van der Waals surface area contributed by atoms with Crippen LogP contribution in [0.15, 0.2) is 17.2 Å². The molecule has 5 heteroatoms. The van der Waals surface area contributed by atoms with Crippen molar-refractivity contribution in [1.29, 1.82) is 0 Å². The van der Waals surface area contributed by atoms with Crippen molar-refractivity contribution in [2.45, 2.75) is 63.6 Å². The SMILES string of the molecule is CCN(c1nccn(C2CC2)c1=O)C1CCC(N)CC1. The van der Waals surface area contributed by atoms with Gasteiger partial charge in [0.1, 0.15) is 0 Å². The van der Waals surface area contributed by atoms with Gasteiger partial charge in [0.25, 0.3) is 5.56 Å². The Kier molecular flexibility index (Phi) is 3.78. The molecule has 0 saturated heterocycles. The first-order valence-corrected chi connectivity index (χ1v) is 7.80. The van der Waals surface area contributed by atoms with Crippen LogP contribution in [0.3, 0.4) is 0 Å². The second-order valence-corrected chi connectivity index (χ2v) is 6.05. The van der Waals surface area contributed by atoms with Crippen molar-refractivity contribution < 1.29 is 0 Å². The van der Waals surface area contributed by atoms with Gasteiger partial charge in [-0.05, 0) is 45.4 Å². The van der Waals surface area contributed by atoms with Crippen LogP contribution in [-0.2, 0) is 0 Å². The van der Waals surface area contributed by atoms with Crippen molar-refractivity contribution >= 4 is 5.82 Å². The predicted molar refractivity (Wildman–Crippen MR) is 80.0 cm³/mol.